The Morgan fingerprint density at radius 2 is 2.07 bits per heavy atom. The van der Waals surface area contributed by atoms with E-state index in [-0.39, 0.29) is 17.4 Å². The van der Waals surface area contributed by atoms with E-state index in [4.69, 9.17) is 4.74 Å². The highest BCUT2D eigenvalue weighted by Gasteiger charge is 2.45. The zero-order valence-corrected chi connectivity index (χ0v) is 18.5. The molecule has 0 fully saturated rings. The molecule has 0 saturated carbocycles. The quantitative estimate of drug-likeness (QED) is 0.640. The van der Waals surface area contributed by atoms with E-state index >= 15 is 0 Å². The predicted octanol–water partition coefficient (Wildman–Crippen LogP) is 5.70. The molecule has 3 unspecified atom stereocenters. The van der Waals surface area contributed by atoms with Gasteiger partial charge in [-0.1, -0.05) is 24.6 Å². The first-order valence-corrected chi connectivity index (χ1v) is 11.0. The molecule has 0 saturated heterocycles. The summed E-state index contributed by atoms with van der Waals surface area (Å²) in [7, 11) is 0. The third-order valence-electron chi connectivity index (χ3n) is 6.69. The van der Waals surface area contributed by atoms with E-state index in [0.29, 0.717) is 18.4 Å². The molecule has 1 aromatic carbocycles. The highest BCUT2D eigenvalue weighted by Crippen LogP contribution is 2.52. The second kappa shape index (κ2) is 8.31. The zero-order chi connectivity index (χ0) is 20.5. The molecule has 1 heterocycles. The summed E-state index contributed by atoms with van der Waals surface area (Å²) >= 11 is 0. The van der Waals surface area contributed by atoms with Crippen LogP contribution >= 0.6 is 0 Å². The maximum atomic E-state index is 11.9. The maximum absolute atomic E-state index is 11.9. The third kappa shape index (κ3) is 4.29. The molecule has 28 heavy (non-hydrogen) atoms. The van der Waals surface area contributed by atoms with Crippen molar-refractivity contribution in [1.82, 2.24) is 5.32 Å². The number of ether oxygens (including phenoxy) is 1. The van der Waals surface area contributed by atoms with Gasteiger partial charge in [0.05, 0.1) is 0 Å². The van der Waals surface area contributed by atoms with Crippen molar-refractivity contribution in [3.63, 3.8) is 0 Å². The van der Waals surface area contributed by atoms with Crippen LogP contribution in [0.3, 0.4) is 0 Å². The van der Waals surface area contributed by atoms with Crippen LogP contribution in [-0.2, 0) is 11.2 Å². The second-order valence-corrected chi connectivity index (χ2v) is 9.42. The van der Waals surface area contributed by atoms with Gasteiger partial charge in [0.2, 0.25) is 5.91 Å². The summed E-state index contributed by atoms with van der Waals surface area (Å²) in [5.41, 5.74) is 5.50. The van der Waals surface area contributed by atoms with E-state index in [2.05, 4.69) is 51.2 Å². The lowest BCUT2D eigenvalue weighted by atomic mass is 9.66. The van der Waals surface area contributed by atoms with Crippen molar-refractivity contribution in [2.24, 2.45) is 11.8 Å². The Morgan fingerprint density at radius 1 is 1.32 bits per heavy atom. The van der Waals surface area contributed by atoms with E-state index in [1.165, 1.54) is 22.3 Å². The van der Waals surface area contributed by atoms with Crippen LogP contribution in [0.4, 0.5) is 0 Å². The number of hydrogen-bond acceptors (Lipinski definition) is 2. The van der Waals surface area contributed by atoms with Gasteiger partial charge >= 0.3 is 0 Å². The SMILES string of the molecule is CCNC(=O)C(C)CCCc1cc(C)c2c(c1)OC(C)(C)C1CC=C(C)CC21. The first-order valence-electron chi connectivity index (χ1n) is 11.0. The van der Waals surface area contributed by atoms with Gasteiger partial charge in [-0.2, -0.15) is 0 Å². The van der Waals surface area contributed by atoms with Crippen molar-refractivity contribution < 1.29 is 9.53 Å². The van der Waals surface area contributed by atoms with Crippen LogP contribution in [-0.4, -0.2) is 18.1 Å². The van der Waals surface area contributed by atoms with Crippen molar-refractivity contribution >= 4 is 5.91 Å². The largest absolute Gasteiger partial charge is 0.487 e. The topological polar surface area (TPSA) is 38.3 Å². The van der Waals surface area contributed by atoms with E-state index in [9.17, 15) is 4.79 Å². The Hall–Kier alpha value is -1.77. The lowest BCUT2D eigenvalue weighted by Crippen LogP contribution is -2.45. The average molecular weight is 384 g/mol. The normalized spacial score (nSPS) is 23.7. The van der Waals surface area contributed by atoms with Crippen LogP contribution in [0.25, 0.3) is 0 Å². The van der Waals surface area contributed by atoms with Crippen LogP contribution in [0.2, 0.25) is 0 Å². The molecule has 0 aromatic heterocycles. The Balaban J connectivity index is 1.75. The number of nitrogens with one attached hydrogen (secondary N) is 1. The Morgan fingerprint density at radius 3 is 2.79 bits per heavy atom. The van der Waals surface area contributed by atoms with Crippen LogP contribution in [0.15, 0.2) is 23.8 Å². The molecule has 0 bridgehead atoms. The van der Waals surface area contributed by atoms with Crippen molar-refractivity contribution in [1.29, 1.82) is 0 Å². The Bertz CT molecular complexity index is 762. The van der Waals surface area contributed by atoms with E-state index in [1.807, 2.05) is 13.8 Å². The van der Waals surface area contributed by atoms with E-state index in [0.717, 1.165) is 37.9 Å². The number of benzene rings is 1. The summed E-state index contributed by atoms with van der Waals surface area (Å²) < 4.78 is 6.55. The molecule has 1 aliphatic heterocycles. The number of aryl methyl sites for hydroxylation is 2. The lowest BCUT2D eigenvalue weighted by molar-refractivity contribution is -0.124. The zero-order valence-electron chi connectivity index (χ0n) is 18.5. The smallest absolute Gasteiger partial charge is 0.222 e. The van der Waals surface area contributed by atoms with Gasteiger partial charge in [-0.25, -0.2) is 0 Å². The Kier molecular flexibility index (Phi) is 6.21. The van der Waals surface area contributed by atoms with Crippen molar-refractivity contribution in [2.75, 3.05) is 6.54 Å². The molecule has 3 heteroatoms. The van der Waals surface area contributed by atoms with Gasteiger partial charge in [0.15, 0.2) is 0 Å². The van der Waals surface area contributed by atoms with Crippen LogP contribution < -0.4 is 10.1 Å². The van der Waals surface area contributed by atoms with Gasteiger partial charge in [-0.3, -0.25) is 4.79 Å². The van der Waals surface area contributed by atoms with Crippen molar-refractivity contribution in [3.05, 3.63) is 40.5 Å². The molecule has 3 atom stereocenters. The van der Waals surface area contributed by atoms with Gasteiger partial charge in [0.1, 0.15) is 11.4 Å². The molecule has 1 amide bonds. The standard InChI is InChI=1S/C25H37NO2/c1-7-26-24(27)17(3)9-8-10-19-14-18(4)23-20-13-16(2)11-12-21(20)25(5,6)28-22(23)15-19/h11,14-15,17,20-21H,7-10,12-13H2,1-6H3,(H,26,27). The predicted molar refractivity (Wildman–Crippen MR) is 116 cm³/mol. The summed E-state index contributed by atoms with van der Waals surface area (Å²) in [6.45, 7) is 13.7. The van der Waals surface area contributed by atoms with E-state index < -0.39 is 0 Å². The molecular formula is C25H37NO2. The minimum Gasteiger partial charge on any atom is -0.487 e. The van der Waals surface area contributed by atoms with Gasteiger partial charge in [-0.15, -0.1) is 0 Å². The highest BCUT2D eigenvalue weighted by molar-refractivity contribution is 5.78. The Labute approximate surface area is 170 Å². The number of carbonyl (C=O) groups excluding carboxylic acids is 1. The molecule has 0 radical (unpaired) electrons. The molecule has 1 aromatic rings. The number of amides is 1. The summed E-state index contributed by atoms with van der Waals surface area (Å²) in [5.74, 6) is 2.45. The molecule has 2 aliphatic rings. The fourth-order valence-corrected chi connectivity index (χ4v) is 5.13. The fourth-order valence-electron chi connectivity index (χ4n) is 5.13. The number of allylic oxidation sites excluding steroid dienone is 2. The van der Waals surface area contributed by atoms with E-state index in [1.54, 1.807) is 0 Å². The monoisotopic (exact) mass is 383 g/mol. The second-order valence-electron chi connectivity index (χ2n) is 9.42. The molecule has 0 spiro atoms. The fraction of sp³-hybridized carbons (Fsp3) is 0.640. The third-order valence-corrected chi connectivity index (χ3v) is 6.69. The van der Waals surface area contributed by atoms with Crippen molar-refractivity contribution in [2.45, 2.75) is 85.2 Å². The highest BCUT2D eigenvalue weighted by atomic mass is 16.5. The summed E-state index contributed by atoms with van der Waals surface area (Å²) in [6.07, 6.45) is 7.60. The maximum Gasteiger partial charge on any atom is 0.222 e. The summed E-state index contributed by atoms with van der Waals surface area (Å²) in [4.78, 5) is 11.9. The van der Waals surface area contributed by atoms with Crippen LogP contribution in [0.1, 0.15) is 82.9 Å². The number of hydrogen-bond donors (Lipinski definition) is 1. The first-order chi connectivity index (χ1) is 13.2. The van der Waals surface area contributed by atoms with Gasteiger partial charge < -0.3 is 10.1 Å². The van der Waals surface area contributed by atoms with Gasteiger partial charge in [0, 0.05) is 23.9 Å². The molecule has 1 N–H and O–H groups in total. The lowest BCUT2D eigenvalue weighted by Gasteiger charge is -2.47. The molecule has 1 aliphatic carbocycles. The number of carbonyl (C=O) groups is 1. The van der Waals surface area contributed by atoms with Gasteiger partial charge in [0.25, 0.3) is 0 Å². The minimum absolute atomic E-state index is 0.0756. The van der Waals surface area contributed by atoms with Crippen LogP contribution in [0, 0.1) is 18.8 Å². The average Bonchev–Trinajstić information content (AvgIpc) is 2.60. The molecule has 3 nitrogen and oxygen atoms in total. The summed E-state index contributed by atoms with van der Waals surface area (Å²) in [5, 5.41) is 2.92. The number of fused-ring (bicyclic) bond motifs is 3. The first kappa shape index (κ1) is 21.0. The van der Waals surface area contributed by atoms with Crippen molar-refractivity contribution in [3.8, 4) is 5.75 Å². The number of rotatable bonds is 6. The summed E-state index contributed by atoms with van der Waals surface area (Å²) in [6, 6.07) is 4.62. The molecule has 154 valence electrons. The molecular weight excluding hydrogens is 346 g/mol. The van der Waals surface area contributed by atoms with Gasteiger partial charge in [-0.05, 0) is 89.8 Å². The van der Waals surface area contributed by atoms with Crippen LogP contribution in [0.5, 0.6) is 5.75 Å². The molecule has 3 rings (SSSR count). The minimum atomic E-state index is -0.132.